The molecule has 17 heavy (non-hydrogen) atoms. The molecule has 0 spiro atoms. The first-order valence-corrected chi connectivity index (χ1v) is 5.82. The fourth-order valence-corrected chi connectivity index (χ4v) is 2.63. The summed E-state index contributed by atoms with van der Waals surface area (Å²) in [6.07, 6.45) is 0.913. The molecule has 90 valence electrons. The lowest BCUT2D eigenvalue weighted by molar-refractivity contribution is 0.412. The molecule has 4 heteroatoms. The summed E-state index contributed by atoms with van der Waals surface area (Å²) in [5.41, 5.74) is 2.90. The largest absolute Gasteiger partial charge is 0.497 e. The van der Waals surface area contributed by atoms with Crippen molar-refractivity contribution in [3.63, 3.8) is 0 Å². The Morgan fingerprint density at radius 3 is 3.00 bits per heavy atom. The van der Waals surface area contributed by atoms with Crippen LogP contribution < -0.4 is 10.1 Å². The van der Waals surface area contributed by atoms with Gasteiger partial charge in [-0.3, -0.25) is 0 Å². The summed E-state index contributed by atoms with van der Waals surface area (Å²) in [5, 5.41) is 4.32. The number of aromatic nitrogens is 1. The van der Waals surface area contributed by atoms with E-state index in [1.165, 1.54) is 11.6 Å². The Morgan fingerprint density at radius 2 is 2.24 bits per heavy atom. The molecular formula is C13H15FN2O. The number of benzene rings is 1. The van der Waals surface area contributed by atoms with Crippen molar-refractivity contribution in [1.29, 1.82) is 0 Å². The van der Waals surface area contributed by atoms with Crippen molar-refractivity contribution >= 4 is 10.9 Å². The zero-order valence-corrected chi connectivity index (χ0v) is 9.93. The topological polar surface area (TPSA) is 37.0 Å². The molecule has 1 aromatic heterocycles. The van der Waals surface area contributed by atoms with Crippen molar-refractivity contribution in [2.75, 3.05) is 13.7 Å². The number of hydrogen-bond acceptors (Lipinski definition) is 2. The Kier molecular flexibility index (Phi) is 2.33. The number of H-pyrrole nitrogens is 1. The van der Waals surface area contributed by atoms with Crippen molar-refractivity contribution in [2.24, 2.45) is 0 Å². The van der Waals surface area contributed by atoms with Gasteiger partial charge in [0.25, 0.3) is 0 Å². The van der Waals surface area contributed by atoms with Crippen molar-refractivity contribution in [3.05, 3.63) is 29.2 Å². The second-order valence-electron chi connectivity index (χ2n) is 4.47. The van der Waals surface area contributed by atoms with Crippen molar-refractivity contribution < 1.29 is 9.13 Å². The summed E-state index contributed by atoms with van der Waals surface area (Å²) in [6.45, 7) is 3.03. The number of rotatable bonds is 1. The minimum absolute atomic E-state index is 0.249. The predicted molar refractivity (Wildman–Crippen MR) is 64.9 cm³/mol. The van der Waals surface area contributed by atoms with Crippen LogP contribution >= 0.6 is 0 Å². The third kappa shape index (κ3) is 1.52. The lowest BCUT2D eigenvalue weighted by Crippen LogP contribution is -2.27. The maximum Gasteiger partial charge on any atom is 0.150 e. The van der Waals surface area contributed by atoms with Crippen LogP contribution in [0, 0.1) is 5.82 Å². The van der Waals surface area contributed by atoms with Crippen LogP contribution in [0.1, 0.15) is 24.2 Å². The normalized spacial score (nSPS) is 19.4. The number of fused-ring (bicyclic) bond motifs is 3. The summed E-state index contributed by atoms with van der Waals surface area (Å²) in [6, 6.07) is 3.57. The fraction of sp³-hybridized carbons (Fsp3) is 0.385. The van der Waals surface area contributed by atoms with Crippen LogP contribution in [-0.4, -0.2) is 18.6 Å². The van der Waals surface area contributed by atoms with Gasteiger partial charge in [-0.2, -0.15) is 0 Å². The van der Waals surface area contributed by atoms with E-state index in [-0.39, 0.29) is 11.9 Å². The molecule has 1 aliphatic heterocycles. The first-order valence-electron chi connectivity index (χ1n) is 5.82. The van der Waals surface area contributed by atoms with Crippen LogP contribution in [-0.2, 0) is 6.42 Å². The highest BCUT2D eigenvalue weighted by molar-refractivity contribution is 5.87. The van der Waals surface area contributed by atoms with Crippen molar-refractivity contribution in [1.82, 2.24) is 10.3 Å². The molecule has 3 rings (SSSR count). The highest BCUT2D eigenvalue weighted by Gasteiger charge is 2.22. The van der Waals surface area contributed by atoms with Gasteiger partial charge in [-0.25, -0.2) is 4.39 Å². The molecule has 0 saturated heterocycles. The van der Waals surface area contributed by atoms with E-state index in [4.69, 9.17) is 4.74 Å². The molecule has 1 atom stereocenters. The van der Waals surface area contributed by atoms with E-state index >= 15 is 0 Å². The second kappa shape index (κ2) is 3.74. The SMILES string of the molecule is COc1cc(F)c2[nH]c3c(c2c1)C(C)NCC3. The molecule has 0 saturated carbocycles. The monoisotopic (exact) mass is 234 g/mol. The molecule has 0 bridgehead atoms. The minimum Gasteiger partial charge on any atom is -0.497 e. The fourth-order valence-electron chi connectivity index (χ4n) is 2.63. The van der Waals surface area contributed by atoms with Crippen LogP contribution in [0.3, 0.4) is 0 Å². The van der Waals surface area contributed by atoms with Gasteiger partial charge in [0, 0.05) is 36.2 Å². The van der Waals surface area contributed by atoms with Gasteiger partial charge in [0.1, 0.15) is 5.75 Å². The Labute approximate surface area is 99.0 Å². The molecule has 0 radical (unpaired) electrons. The Balaban J connectivity index is 2.32. The number of nitrogens with one attached hydrogen (secondary N) is 2. The highest BCUT2D eigenvalue weighted by atomic mass is 19.1. The number of ether oxygens (including phenoxy) is 1. The summed E-state index contributed by atoms with van der Waals surface area (Å²) in [7, 11) is 1.56. The van der Waals surface area contributed by atoms with Gasteiger partial charge in [-0.05, 0) is 18.6 Å². The van der Waals surface area contributed by atoms with E-state index in [1.807, 2.05) is 6.07 Å². The summed E-state index contributed by atoms with van der Waals surface area (Å²) < 4.78 is 19.0. The smallest absolute Gasteiger partial charge is 0.150 e. The van der Waals surface area contributed by atoms with Gasteiger partial charge < -0.3 is 15.0 Å². The summed E-state index contributed by atoms with van der Waals surface area (Å²) in [5.74, 6) is 0.315. The van der Waals surface area contributed by atoms with Gasteiger partial charge in [-0.1, -0.05) is 0 Å². The molecule has 2 aromatic rings. The van der Waals surface area contributed by atoms with Crippen LogP contribution in [0.2, 0.25) is 0 Å². The average Bonchev–Trinajstić information content (AvgIpc) is 2.69. The van der Waals surface area contributed by atoms with Gasteiger partial charge in [-0.15, -0.1) is 0 Å². The van der Waals surface area contributed by atoms with Crippen LogP contribution in [0.25, 0.3) is 10.9 Å². The molecule has 0 aliphatic carbocycles. The lowest BCUT2D eigenvalue weighted by atomic mass is 9.99. The van der Waals surface area contributed by atoms with Crippen LogP contribution in [0.5, 0.6) is 5.75 Å². The van der Waals surface area contributed by atoms with Crippen molar-refractivity contribution in [3.8, 4) is 5.75 Å². The van der Waals surface area contributed by atoms with E-state index < -0.39 is 0 Å². The highest BCUT2D eigenvalue weighted by Crippen LogP contribution is 2.34. The third-order valence-electron chi connectivity index (χ3n) is 3.45. The first-order chi connectivity index (χ1) is 8.20. The Hall–Kier alpha value is -1.55. The minimum atomic E-state index is -0.249. The zero-order chi connectivity index (χ0) is 12.0. The maximum atomic E-state index is 13.9. The quantitative estimate of drug-likeness (QED) is 0.795. The van der Waals surface area contributed by atoms with Crippen LogP contribution in [0.15, 0.2) is 12.1 Å². The molecule has 1 aromatic carbocycles. The van der Waals surface area contributed by atoms with Crippen molar-refractivity contribution in [2.45, 2.75) is 19.4 Å². The molecule has 2 heterocycles. The van der Waals surface area contributed by atoms with E-state index in [0.29, 0.717) is 11.3 Å². The molecule has 1 unspecified atom stereocenters. The standard InChI is InChI=1S/C13H15FN2O/c1-7-12-9-5-8(17-2)6-10(14)13(9)16-11(12)3-4-15-7/h5-7,15-16H,3-4H2,1-2H3. The van der Waals surface area contributed by atoms with Gasteiger partial charge >= 0.3 is 0 Å². The lowest BCUT2D eigenvalue weighted by Gasteiger charge is -2.20. The zero-order valence-electron chi connectivity index (χ0n) is 9.93. The average molecular weight is 234 g/mol. The molecule has 3 nitrogen and oxygen atoms in total. The predicted octanol–water partition coefficient (Wildman–Crippen LogP) is 2.52. The molecular weight excluding hydrogens is 219 g/mol. The molecule has 2 N–H and O–H groups in total. The van der Waals surface area contributed by atoms with E-state index in [1.54, 1.807) is 7.11 Å². The van der Waals surface area contributed by atoms with Gasteiger partial charge in [0.2, 0.25) is 0 Å². The van der Waals surface area contributed by atoms with Crippen LogP contribution in [0.4, 0.5) is 4.39 Å². The number of halogens is 1. The van der Waals surface area contributed by atoms with Gasteiger partial charge in [0.05, 0.1) is 12.6 Å². The first kappa shape index (κ1) is 10.6. The van der Waals surface area contributed by atoms with E-state index in [2.05, 4.69) is 17.2 Å². The Bertz CT molecular complexity index is 576. The van der Waals surface area contributed by atoms with E-state index in [0.717, 1.165) is 24.0 Å². The van der Waals surface area contributed by atoms with Gasteiger partial charge in [0.15, 0.2) is 5.82 Å². The summed E-state index contributed by atoms with van der Waals surface area (Å²) >= 11 is 0. The summed E-state index contributed by atoms with van der Waals surface area (Å²) in [4.78, 5) is 3.20. The molecule has 0 fully saturated rings. The number of hydrogen-bond donors (Lipinski definition) is 2. The van der Waals surface area contributed by atoms with E-state index in [9.17, 15) is 4.39 Å². The number of methoxy groups -OCH3 is 1. The molecule has 1 aliphatic rings. The third-order valence-corrected chi connectivity index (χ3v) is 3.45. The maximum absolute atomic E-state index is 13.9. The second-order valence-corrected chi connectivity index (χ2v) is 4.47. The molecule has 0 amide bonds. The Morgan fingerprint density at radius 1 is 1.41 bits per heavy atom. The number of aromatic amines is 1.